The van der Waals surface area contributed by atoms with Crippen molar-refractivity contribution in [3.63, 3.8) is 0 Å². The highest BCUT2D eigenvalue weighted by molar-refractivity contribution is 6.03. The van der Waals surface area contributed by atoms with Crippen LogP contribution in [-0.2, 0) is 20.7 Å². The molecule has 0 saturated carbocycles. The largest absolute Gasteiger partial charge is 0.497 e. The second-order valence-corrected chi connectivity index (χ2v) is 8.41. The number of carbonyl (C=O) groups excluding carboxylic acids is 2. The van der Waals surface area contributed by atoms with Gasteiger partial charge in [-0.25, -0.2) is 0 Å². The van der Waals surface area contributed by atoms with Crippen molar-refractivity contribution in [1.82, 2.24) is 5.32 Å². The zero-order valence-corrected chi connectivity index (χ0v) is 18.1. The summed E-state index contributed by atoms with van der Waals surface area (Å²) in [7, 11) is 3.24. The van der Waals surface area contributed by atoms with E-state index in [2.05, 4.69) is 5.32 Å². The van der Waals surface area contributed by atoms with Gasteiger partial charge in [0, 0.05) is 12.2 Å². The molecule has 3 heterocycles. The van der Waals surface area contributed by atoms with Crippen LogP contribution in [-0.4, -0.2) is 50.8 Å². The lowest BCUT2D eigenvalue weighted by molar-refractivity contribution is -0.131. The van der Waals surface area contributed by atoms with Crippen molar-refractivity contribution in [1.29, 1.82) is 0 Å². The van der Waals surface area contributed by atoms with Gasteiger partial charge >= 0.3 is 0 Å². The number of rotatable bonds is 7. The van der Waals surface area contributed by atoms with E-state index in [1.807, 2.05) is 60.7 Å². The Kier molecular flexibility index (Phi) is 5.13. The normalized spacial score (nSPS) is 27.5. The maximum Gasteiger partial charge on any atom is 0.234 e. The molecule has 2 saturated heterocycles. The highest BCUT2D eigenvalue weighted by atomic mass is 16.5. The number of hydrogen-bond donors (Lipinski definition) is 1. The van der Waals surface area contributed by atoms with Crippen molar-refractivity contribution in [3.05, 3.63) is 66.2 Å². The number of methoxy groups -OCH3 is 2. The van der Waals surface area contributed by atoms with Crippen LogP contribution in [0.4, 0.5) is 5.69 Å². The average Bonchev–Trinajstić information content (AvgIpc) is 3.48. The molecular formula is C25H26N2O5. The number of benzene rings is 2. The first-order chi connectivity index (χ1) is 15.5. The Bertz CT molecular complexity index is 1050. The molecule has 2 aromatic carbocycles. The maximum atomic E-state index is 13.4. The van der Waals surface area contributed by atoms with E-state index in [0.717, 1.165) is 22.7 Å². The maximum absolute atomic E-state index is 13.4. The second-order valence-electron chi connectivity index (χ2n) is 8.41. The number of amides is 2. The molecule has 2 aromatic rings. The van der Waals surface area contributed by atoms with Crippen LogP contribution in [0.15, 0.2) is 60.7 Å². The molecule has 7 heteroatoms. The predicted molar refractivity (Wildman–Crippen MR) is 119 cm³/mol. The van der Waals surface area contributed by atoms with Gasteiger partial charge in [-0.2, -0.15) is 0 Å². The third kappa shape index (κ3) is 3.33. The van der Waals surface area contributed by atoms with Crippen molar-refractivity contribution >= 4 is 17.5 Å². The number of nitrogens with zero attached hydrogens (tertiary/aromatic N) is 1. The van der Waals surface area contributed by atoms with Crippen LogP contribution >= 0.6 is 0 Å². The van der Waals surface area contributed by atoms with E-state index in [1.54, 1.807) is 19.1 Å². The summed E-state index contributed by atoms with van der Waals surface area (Å²) in [5, 5.41) is 3.01. The fourth-order valence-electron chi connectivity index (χ4n) is 5.02. The van der Waals surface area contributed by atoms with Gasteiger partial charge in [-0.05, 0) is 48.4 Å². The second kappa shape index (κ2) is 7.98. The monoisotopic (exact) mass is 434 g/mol. The molecule has 32 heavy (non-hydrogen) atoms. The first-order valence-corrected chi connectivity index (χ1v) is 10.8. The minimum atomic E-state index is -0.736. The molecule has 1 N–H and O–H groups in total. The van der Waals surface area contributed by atoms with Gasteiger partial charge in [-0.1, -0.05) is 24.3 Å². The summed E-state index contributed by atoms with van der Waals surface area (Å²) >= 11 is 0. The van der Waals surface area contributed by atoms with Gasteiger partial charge in [-0.3, -0.25) is 9.59 Å². The number of carbonyl (C=O) groups is 2. The summed E-state index contributed by atoms with van der Waals surface area (Å²) < 4.78 is 16.6. The quantitative estimate of drug-likeness (QED) is 0.677. The Morgan fingerprint density at radius 3 is 2.41 bits per heavy atom. The van der Waals surface area contributed by atoms with Gasteiger partial charge in [0.2, 0.25) is 11.8 Å². The van der Waals surface area contributed by atoms with E-state index < -0.39 is 17.4 Å². The molecule has 7 nitrogen and oxygen atoms in total. The highest BCUT2D eigenvalue weighted by Crippen LogP contribution is 2.52. The van der Waals surface area contributed by atoms with Crippen molar-refractivity contribution in [2.24, 2.45) is 11.8 Å². The predicted octanol–water partition coefficient (Wildman–Crippen LogP) is 2.35. The van der Waals surface area contributed by atoms with E-state index in [0.29, 0.717) is 19.5 Å². The molecule has 3 aliphatic rings. The summed E-state index contributed by atoms with van der Waals surface area (Å²) in [6, 6.07) is 15.1. The Labute approximate surface area is 186 Å². The minimum absolute atomic E-state index is 0.0719. The number of ether oxygens (including phenoxy) is 3. The van der Waals surface area contributed by atoms with Crippen LogP contribution < -0.4 is 19.7 Å². The molecule has 0 unspecified atom stereocenters. The van der Waals surface area contributed by atoms with E-state index >= 15 is 0 Å². The molecule has 4 atom stereocenters. The van der Waals surface area contributed by atoms with Gasteiger partial charge in [0.1, 0.15) is 17.1 Å². The SMILES string of the molecule is COc1ccc(CCNC(=O)[C@H]2[C@@H]3C=C[C@@]4(CN(c5ccc(OC)cc5)C(=O)[C@H]24)O3)cc1. The van der Waals surface area contributed by atoms with Gasteiger partial charge in [0.05, 0.1) is 38.7 Å². The van der Waals surface area contributed by atoms with Gasteiger partial charge in [-0.15, -0.1) is 0 Å². The Balaban J connectivity index is 1.27. The van der Waals surface area contributed by atoms with Gasteiger partial charge < -0.3 is 24.4 Å². The molecule has 166 valence electrons. The minimum Gasteiger partial charge on any atom is -0.497 e. The van der Waals surface area contributed by atoms with Gasteiger partial charge in [0.25, 0.3) is 0 Å². The first-order valence-electron chi connectivity index (χ1n) is 10.8. The van der Waals surface area contributed by atoms with Crippen LogP contribution in [0.2, 0.25) is 0 Å². The van der Waals surface area contributed by atoms with E-state index in [1.165, 1.54) is 0 Å². The molecule has 2 bridgehead atoms. The Morgan fingerprint density at radius 2 is 1.75 bits per heavy atom. The molecule has 2 amide bonds. The summed E-state index contributed by atoms with van der Waals surface area (Å²) in [5.41, 5.74) is 1.15. The molecule has 2 fully saturated rings. The number of nitrogens with one attached hydrogen (secondary N) is 1. The smallest absolute Gasteiger partial charge is 0.234 e. The standard InChI is InChI=1S/C25H26N2O5/c1-30-18-7-3-16(4-8-18)12-14-26-23(28)21-20-11-13-25(32-20)15-27(24(29)22(21)25)17-5-9-19(31-2)10-6-17/h3-11,13,20-22H,12,14-15H2,1-2H3,(H,26,28)/t20-,21-,22-,25-/m0/s1. The summed E-state index contributed by atoms with van der Waals surface area (Å²) in [6.45, 7) is 0.902. The molecule has 0 aliphatic carbocycles. The number of anilines is 1. The number of fused-ring (bicyclic) bond motifs is 1. The third-order valence-electron chi connectivity index (χ3n) is 6.66. The molecule has 0 radical (unpaired) electrons. The van der Waals surface area contributed by atoms with Crippen molar-refractivity contribution in [2.45, 2.75) is 18.1 Å². The lowest BCUT2D eigenvalue weighted by Gasteiger charge is -2.23. The van der Waals surface area contributed by atoms with E-state index in [-0.39, 0.29) is 17.9 Å². The summed E-state index contributed by atoms with van der Waals surface area (Å²) in [4.78, 5) is 28.2. The Hall–Kier alpha value is -3.32. The molecule has 3 aliphatic heterocycles. The van der Waals surface area contributed by atoms with Crippen LogP contribution in [0.25, 0.3) is 0 Å². The van der Waals surface area contributed by atoms with Gasteiger partial charge in [0.15, 0.2) is 0 Å². The van der Waals surface area contributed by atoms with Crippen molar-refractivity contribution < 1.29 is 23.8 Å². The topological polar surface area (TPSA) is 77.1 Å². The Morgan fingerprint density at radius 1 is 1.09 bits per heavy atom. The van der Waals surface area contributed by atoms with E-state index in [4.69, 9.17) is 14.2 Å². The molecule has 0 aromatic heterocycles. The van der Waals surface area contributed by atoms with Crippen LogP contribution in [0.1, 0.15) is 5.56 Å². The molecular weight excluding hydrogens is 408 g/mol. The fourth-order valence-corrected chi connectivity index (χ4v) is 5.02. The lowest BCUT2D eigenvalue weighted by Crippen LogP contribution is -2.44. The zero-order valence-electron chi connectivity index (χ0n) is 18.1. The van der Waals surface area contributed by atoms with Crippen LogP contribution in [0.5, 0.6) is 11.5 Å². The number of hydrogen-bond acceptors (Lipinski definition) is 5. The summed E-state index contributed by atoms with van der Waals surface area (Å²) in [6.07, 6.45) is 4.23. The average molecular weight is 434 g/mol. The lowest BCUT2D eigenvalue weighted by atomic mass is 9.77. The first kappa shape index (κ1) is 20.6. The van der Waals surface area contributed by atoms with E-state index in [9.17, 15) is 9.59 Å². The van der Waals surface area contributed by atoms with Crippen molar-refractivity contribution in [3.8, 4) is 11.5 Å². The van der Waals surface area contributed by atoms with Crippen LogP contribution in [0, 0.1) is 11.8 Å². The fraction of sp³-hybridized carbons (Fsp3) is 0.360. The third-order valence-corrected chi connectivity index (χ3v) is 6.66. The zero-order chi connectivity index (χ0) is 22.3. The summed E-state index contributed by atoms with van der Waals surface area (Å²) in [5.74, 6) is 0.286. The highest BCUT2D eigenvalue weighted by Gasteiger charge is 2.67. The van der Waals surface area contributed by atoms with Crippen molar-refractivity contribution in [2.75, 3.05) is 32.2 Å². The van der Waals surface area contributed by atoms with Crippen LogP contribution in [0.3, 0.4) is 0 Å². The molecule has 5 rings (SSSR count). The molecule has 1 spiro atoms.